The Labute approximate surface area is 124 Å². The lowest BCUT2D eigenvalue weighted by Gasteiger charge is -2.15. The first-order valence-electron chi connectivity index (χ1n) is 6.00. The predicted octanol–water partition coefficient (Wildman–Crippen LogP) is 4.21. The Bertz CT molecular complexity index is 518. The van der Waals surface area contributed by atoms with Gasteiger partial charge in [-0.2, -0.15) is 0 Å². The van der Waals surface area contributed by atoms with E-state index in [1.807, 2.05) is 13.0 Å². The lowest BCUT2D eigenvalue weighted by Crippen LogP contribution is -2.28. The van der Waals surface area contributed by atoms with Crippen LogP contribution in [0.2, 0.25) is 0 Å². The van der Waals surface area contributed by atoms with E-state index < -0.39 is 0 Å². The molecule has 1 aromatic carbocycles. The van der Waals surface area contributed by atoms with Gasteiger partial charge >= 0.3 is 0 Å². The van der Waals surface area contributed by atoms with Crippen molar-refractivity contribution in [3.63, 3.8) is 0 Å². The lowest BCUT2D eigenvalue weighted by molar-refractivity contribution is 0.216. The molecule has 2 rings (SSSR count). The molecule has 5 heteroatoms. The standard InChI is InChI=1S/C14H15BrFNOS/c1-10(8-17-9-12-3-2-6-19-12)18-11-4-5-13(15)14(16)7-11/h2-7,10,17H,8-9H2,1H3. The fraction of sp³-hybridized carbons (Fsp3) is 0.286. The van der Waals surface area contributed by atoms with E-state index in [0.717, 1.165) is 13.1 Å². The first-order valence-corrected chi connectivity index (χ1v) is 7.67. The number of rotatable bonds is 6. The minimum Gasteiger partial charge on any atom is -0.489 e. The number of nitrogens with one attached hydrogen (secondary N) is 1. The molecule has 0 fully saturated rings. The van der Waals surface area contributed by atoms with Crippen molar-refractivity contribution in [3.05, 3.63) is 50.9 Å². The molecule has 0 aliphatic heterocycles. The van der Waals surface area contributed by atoms with Crippen molar-refractivity contribution in [1.82, 2.24) is 5.32 Å². The summed E-state index contributed by atoms with van der Waals surface area (Å²) in [6.07, 6.45) is -0.0134. The lowest BCUT2D eigenvalue weighted by atomic mass is 10.3. The smallest absolute Gasteiger partial charge is 0.141 e. The summed E-state index contributed by atoms with van der Waals surface area (Å²) in [4.78, 5) is 1.29. The van der Waals surface area contributed by atoms with Crippen molar-refractivity contribution >= 4 is 27.3 Å². The fourth-order valence-electron chi connectivity index (χ4n) is 1.64. The fourth-order valence-corrected chi connectivity index (χ4v) is 2.56. The normalized spacial score (nSPS) is 12.4. The highest BCUT2D eigenvalue weighted by Gasteiger charge is 2.06. The van der Waals surface area contributed by atoms with Gasteiger partial charge in [0.15, 0.2) is 0 Å². The molecule has 1 N–H and O–H groups in total. The van der Waals surface area contributed by atoms with Crippen molar-refractivity contribution in [2.75, 3.05) is 6.54 Å². The predicted molar refractivity (Wildman–Crippen MR) is 80.2 cm³/mol. The SMILES string of the molecule is CC(CNCc1cccs1)Oc1ccc(Br)c(F)c1. The zero-order chi connectivity index (χ0) is 13.7. The van der Waals surface area contributed by atoms with Crippen molar-refractivity contribution in [3.8, 4) is 5.75 Å². The maximum Gasteiger partial charge on any atom is 0.141 e. The number of hydrogen-bond donors (Lipinski definition) is 1. The van der Waals surface area contributed by atoms with Gasteiger partial charge in [0.25, 0.3) is 0 Å². The van der Waals surface area contributed by atoms with Crippen LogP contribution in [0.25, 0.3) is 0 Å². The monoisotopic (exact) mass is 343 g/mol. The summed E-state index contributed by atoms with van der Waals surface area (Å²) in [5, 5.41) is 5.37. The Morgan fingerprint density at radius 3 is 2.95 bits per heavy atom. The van der Waals surface area contributed by atoms with Crippen LogP contribution in [0.4, 0.5) is 4.39 Å². The summed E-state index contributed by atoms with van der Waals surface area (Å²) in [5.74, 6) is 0.238. The summed E-state index contributed by atoms with van der Waals surface area (Å²) in [6.45, 7) is 3.51. The summed E-state index contributed by atoms with van der Waals surface area (Å²) < 4.78 is 19.4. The van der Waals surface area contributed by atoms with Gasteiger partial charge < -0.3 is 10.1 Å². The Balaban J connectivity index is 1.77. The maximum absolute atomic E-state index is 13.3. The zero-order valence-electron chi connectivity index (χ0n) is 10.5. The van der Waals surface area contributed by atoms with E-state index in [1.165, 1.54) is 10.9 Å². The van der Waals surface area contributed by atoms with Crippen molar-refractivity contribution < 1.29 is 9.13 Å². The highest BCUT2D eigenvalue weighted by molar-refractivity contribution is 9.10. The average molecular weight is 344 g/mol. The Kier molecular flexibility index (Phi) is 5.36. The molecule has 1 unspecified atom stereocenters. The molecule has 0 amide bonds. The highest BCUT2D eigenvalue weighted by atomic mass is 79.9. The van der Waals surface area contributed by atoms with Crippen LogP contribution in [0, 0.1) is 5.82 Å². The molecule has 0 saturated heterocycles. The molecule has 0 aliphatic carbocycles. The summed E-state index contributed by atoms with van der Waals surface area (Å²) in [7, 11) is 0. The molecule has 1 heterocycles. The van der Waals surface area contributed by atoms with E-state index in [2.05, 4.69) is 32.7 Å². The molecule has 0 aliphatic rings. The van der Waals surface area contributed by atoms with Crippen LogP contribution in [0.5, 0.6) is 5.75 Å². The van der Waals surface area contributed by atoms with Gasteiger partial charge in [0.1, 0.15) is 17.7 Å². The van der Waals surface area contributed by atoms with Crippen molar-refractivity contribution in [1.29, 1.82) is 0 Å². The van der Waals surface area contributed by atoms with Gasteiger partial charge in [-0.05, 0) is 46.4 Å². The molecular formula is C14H15BrFNOS. The van der Waals surface area contributed by atoms with Crippen LogP contribution in [0.1, 0.15) is 11.8 Å². The number of ether oxygens (including phenoxy) is 1. The summed E-state index contributed by atoms with van der Waals surface area (Å²) in [6, 6.07) is 8.92. The van der Waals surface area contributed by atoms with Gasteiger partial charge in [-0.3, -0.25) is 0 Å². The van der Waals surface area contributed by atoms with Crippen LogP contribution < -0.4 is 10.1 Å². The first kappa shape index (κ1) is 14.5. The molecule has 2 nitrogen and oxygen atoms in total. The Hall–Kier alpha value is -0.910. The van der Waals surface area contributed by atoms with E-state index in [1.54, 1.807) is 23.5 Å². The van der Waals surface area contributed by atoms with Crippen LogP contribution in [0.3, 0.4) is 0 Å². The molecule has 0 saturated carbocycles. The molecule has 2 aromatic rings. The van der Waals surface area contributed by atoms with Gasteiger partial charge in [0, 0.05) is 24.0 Å². The molecule has 0 spiro atoms. The molecule has 1 aromatic heterocycles. The number of benzene rings is 1. The second-order valence-electron chi connectivity index (χ2n) is 4.21. The van der Waals surface area contributed by atoms with Crippen molar-refractivity contribution in [2.24, 2.45) is 0 Å². The van der Waals surface area contributed by atoms with Crippen LogP contribution >= 0.6 is 27.3 Å². The molecular weight excluding hydrogens is 329 g/mol. The Morgan fingerprint density at radius 2 is 2.26 bits per heavy atom. The van der Waals surface area contributed by atoms with E-state index in [-0.39, 0.29) is 11.9 Å². The van der Waals surface area contributed by atoms with Crippen LogP contribution in [-0.4, -0.2) is 12.6 Å². The van der Waals surface area contributed by atoms with E-state index in [0.29, 0.717) is 10.2 Å². The third-order valence-electron chi connectivity index (χ3n) is 2.54. The number of thiophene rings is 1. The van der Waals surface area contributed by atoms with Gasteiger partial charge in [0.2, 0.25) is 0 Å². The number of halogens is 2. The minimum atomic E-state index is -0.309. The zero-order valence-corrected chi connectivity index (χ0v) is 12.9. The first-order chi connectivity index (χ1) is 9.15. The summed E-state index contributed by atoms with van der Waals surface area (Å²) >= 11 is 4.84. The molecule has 1 atom stereocenters. The topological polar surface area (TPSA) is 21.3 Å². The average Bonchev–Trinajstić information content (AvgIpc) is 2.87. The van der Waals surface area contributed by atoms with Crippen molar-refractivity contribution in [2.45, 2.75) is 19.6 Å². The number of hydrogen-bond acceptors (Lipinski definition) is 3. The Morgan fingerprint density at radius 1 is 1.42 bits per heavy atom. The third-order valence-corrected chi connectivity index (χ3v) is 4.06. The maximum atomic E-state index is 13.3. The van der Waals surface area contributed by atoms with Crippen LogP contribution in [0.15, 0.2) is 40.2 Å². The highest BCUT2D eigenvalue weighted by Crippen LogP contribution is 2.21. The van der Waals surface area contributed by atoms with E-state index in [9.17, 15) is 4.39 Å². The van der Waals surface area contributed by atoms with Gasteiger partial charge in [-0.15, -0.1) is 11.3 Å². The quantitative estimate of drug-likeness (QED) is 0.848. The summed E-state index contributed by atoms with van der Waals surface area (Å²) in [5.41, 5.74) is 0. The largest absolute Gasteiger partial charge is 0.489 e. The van der Waals surface area contributed by atoms with E-state index >= 15 is 0 Å². The minimum absolute atomic E-state index is 0.0134. The molecule has 19 heavy (non-hydrogen) atoms. The van der Waals surface area contributed by atoms with E-state index in [4.69, 9.17) is 4.74 Å². The third kappa shape index (κ3) is 4.60. The van der Waals surface area contributed by atoms with Gasteiger partial charge in [-0.25, -0.2) is 4.39 Å². The second-order valence-corrected chi connectivity index (χ2v) is 6.10. The molecule has 0 radical (unpaired) electrons. The van der Waals surface area contributed by atoms with Gasteiger partial charge in [-0.1, -0.05) is 6.07 Å². The van der Waals surface area contributed by atoms with Crippen LogP contribution in [-0.2, 0) is 6.54 Å². The molecule has 102 valence electrons. The van der Waals surface area contributed by atoms with Gasteiger partial charge in [0.05, 0.1) is 4.47 Å². The second kappa shape index (κ2) is 7.03. The molecule has 0 bridgehead atoms.